The minimum absolute atomic E-state index is 0.141. The maximum absolute atomic E-state index is 10.9. The molecule has 0 unspecified atom stereocenters. The molecule has 0 aliphatic rings. The summed E-state index contributed by atoms with van der Waals surface area (Å²) in [5.41, 5.74) is 0.00515. The Labute approximate surface area is 103 Å². The van der Waals surface area contributed by atoms with Crippen LogP contribution in [0.1, 0.15) is 10.4 Å². The van der Waals surface area contributed by atoms with Crippen molar-refractivity contribution in [1.82, 2.24) is 0 Å². The van der Waals surface area contributed by atoms with Crippen LogP contribution in [0.2, 0.25) is 0 Å². The molecule has 2 rings (SSSR count). The van der Waals surface area contributed by atoms with Crippen LogP contribution in [0.4, 0.5) is 5.69 Å². The third kappa shape index (κ3) is 2.52. The molecule has 0 aliphatic carbocycles. The van der Waals surface area contributed by atoms with Gasteiger partial charge in [-0.05, 0) is 18.2 Å². The van der Waals surface area contributed by atoms with E-state index in [0.29, 0.717) is 17.8 Å². The molecule has 0 spiro atoms. The molecule has 18 heavy (non-hydrogen) atoms. The number of benzene rings is 2. The molecule has 5 nitrogen and oxygen atoms in total. The molecular formula is C13H9NO4. The summed E-state index contributed by atoms with van der Waals surface area (Å²) in [6.07, 6.45) is 0.533. The Bertz CT molecular complexity index is 581. The molecule has 90 valence electrons. The highest BCUT2D eigenvalue weighted by Gasteiger charge is 2.11. The van der Waals surface area contributed by atoms with Crippen LogP contribution in [0.15, 0.2) is 48.5 Å². The molecule has 2 aromatic carbocycles. The third-order valence-corrected chi connectivity index (χ3v) is 2.30. The molecule has 0 amide bonds. The molecule has 0 atom stereocenters. The molecule has 0 aliphatic heterocycles. The van der Waals surface area contributed by atoms with Gasteiger partial charge in [-0.15, -0.1) is 0 Å². The fourth-order valence-corrected chi connectivity index (χ4v) is 1.45. The van der Waals surface area contributed by atoms with Gasteiger partial charge >= 0.3 is 0 Å². The molecule has 2 aromatic rings. The number of hydrogen-bond donors (Lipinski definition) is 0. The van der Waals surface area contributed by atoms with Crippen LogP contribution in [0.25, 0.3) is 0 Å². The summed E-state index contributed by atoms with van der Waals surface area (Å²) < 4.78 is 5.48. The average Bonchev–Trinajstić information content (AvgIpc) is 2.40. The zero-order valence-electron chi connectivity index (χ0n) is 9.28. The number of carbonyl (C=O) groups is 1. The number of nitrogens with zero attached hydrogens (tertiary/aromatic N) is 1. The lowest BCUT2D eigenvalue weighted by Crippen LogP contribution is -1.94. The van der Waals surface area contributed by atoms with Crippen molar-refractivity contribution in [2.45, 2.75) is 0 Å². The second-order valence-corrected chi connectivity index (χ2v) is 3.51. The molecule has 0 saturated heterocycles. The topological polar surface area (TPSA) is 69.4 Å². The molecular weight excluding hydrogens is 234 g/mol. The molecule has 0 aromatic heterocycles. The predicted molar refractivity (Wildman–Crippen MR) is 65.0 cm³/mol. The van der Waals surface area contributed by atoms with E-state index in [1.165, 1.54) is 18.2 Å². The zero-order valence-corrected chi connectivity index (χ0v) is 9.28. The summed E-state index contributed by atoms with van der Waals surface area (Å²) in [5.74, 6) is 0.858. The normalized spacial score (nSPS) is 9.78. The Morgan fingerprint density at radius 2 is 1.83 bits per heavy atom. The lowest BCUT2D eigenvalue weighted by molar-refractivity contribution is -0.384. The van der Waals surface area contributed by atoms with Crippen LogP contribution in [0.3, 0.4) is 0 Å². The summed E-state index contributed by atoms with van der Waals surface area (Å²) >= 11 is 0. The Balaban J connectivity index is 2.34. The Morgan fingerprint density at radius 1 is 1.11 bits per heavy atom. The smallest absolute Gasteiger partial charge is 0.270 e. The third-order valence-electron chi connectivity index (χ3n) is 2.30. The molecule has 5 heteroatoms. The summed E-state index contributed by atoms with van der Waals surface area (Å²) in [7, 11) is 0. The van der Waals surface area contributed by atoms with Crippen LogP contribution in [0, 0.1) is 10.1 Å². The Hall–Kier alpha value is -2.69. The largest absolute Gasteiger partial charge is 0.457 e. The van der Waals surface area contributed by atoms with E-state index in [1.54, 1.807) is 24.3 Å². The predicted octanol–water partition coefficient (Wildman–Crippen LogP) is 3.20. The van der Waals surface area contributed by atoms with Crippen LogP contribution in [-0.4, -0.2) is 11.2 Å². The van der Waals surface area contributed by atoms with Crippen LogP contribution >= 0.6 is 0 Å². The van der Waals surface area contributed by atoms with Crippen molar-refractivity contribution in [3.63, 3.8) is 0 Å². The maximum atomic E-state index is 10.9. The average molecular weight is 243 g/mol. The fourth-order valence-electron chi connectivity index (χ4n) is 1.45. The quantitative estimate of drug-likeness (QED) is 0.469. The van der Waals surface area contributed by atoms with Gasteiger partial charge in [0.1, 0.15) is 11.5 Å². The van der Waals surface area contributed by atoms with E-state index in [9.17, 15) is 14.9 Å². The second-order valence-electron chi connectivity index (χ2n) is 3.51. The number of aldehydes is 1. The summed E-state index contributed by atoms with van der Waals surface area (Å²) in [5, 5.41) is 10.6. The monoisotopic (exact) mass is 243 g/mol. The van der Waals surface area contributed by atoms with Crippen molar-refractivity contribution in [3.8, 4) is 11.5 Å². The molecule has 0 heterocycles. The lowest BCUT2D eigenvalue weighted by atomic mass is 10.2. The zero-order chi connectivity index (χ0) is 13.0. The first kappa shape index (κ1) is 11.8. The van der Waals surface area contributed by atoms with Gasteiger partial charge in [-0.2, -0.15) is 0 Å². The van der Waals surface area contributed by atoms with Crippen molar-refractivity contribution < 1.29 is 14.5 Å². The molecule has 0 fully saturated rings. The lowest BCUT2D eigenvalue weighted by Gasteiger charge is -2.07. The minimum Gasteiger partial charge on any atom is -0.457 e. The van der Waals surface area contributed by atoms with Gasteiger partial charge in [0.2, 0.25) is 0 Å². The highest BCUT2D eigenvalue weighted by molar-refractivity contribution is 5.80. The van der Waals surface area contributed by atoms with E-state index < -0.39 is 4.92 Å². The Kier molecular flexibility index (Phi) is 3.33. The molecule has 0 radical (unpaired) electrons. The second kappa shape index (κ2) is 5.09. The van der Waals surface area contributed by atoms with Crippen LogP contribution in [-0.2, 0) is 0 Å². The van der Waals surface area contributed by atoms with Crippen molar-refractivity contribution in [3.05, 3.63) is 64.2 Å². The molecule has 0 N–H and O–H groups in total. The number of hydrogen-bond acceptors (Lipinski definition) is 4. The summed E-state index contributed by atoms with van der Waals surface area (Å²) in [6, 6.07) is 12.8. The van der Waals surface area contributed by atoms with E-state index in [0.717, 1.165) is 0 Å². The van der Waals surface area contributed by atoms with Crippen molar-refractivity contribution in [1.29, 1.82) is 0 Å². The highest BCUT2D eigenvalue weighted by atomic mass is 16.6. The van der Waals surface area contributed by atoms with Crippen molar-refractivity contribution in [2.24, 2.45) is 0 Å². The number of carbonyl (C=O) groups excluding carboxylic acids is 1. The van der Waals surface area contributed by atoms with E-state index >= 15 is 0 Å². The van der Waals surface area contributed by atoms with Gasteiger partial charge in [-0.3, -0.25) is 14.9 Å². The highest BCUT2D eigenvalue weighted by Crippen LogP contribution is 2.27. The van der Waals surface area contributed by atoms with Gasteiger partial charge in [0.05, 0.1) is 10.5 Å². The van der Waals surface area contributed by atoms with E-state index in [2.05, 4.69) is 0 Å². The van der Waals surface area contributed by atoms with Gasteiger partial charge in [0.15, 0.2) is 6.29 Å². The Morgan fingerprint density at radius 3 is 2.44 bits per heavy atom. The number of rotatable bonds is 4. The van der Waals surface area contributed by atoms with Gasteiger partial charge in [-0.25, -0.2) is 0 Å². The number of ether oxygens (including phenoxy) is 1. The standard InChI is InChI=1S/C13H9NO4/c15-9-10-8-11(14(16)17)6-7-13(10)18-12-4-2-1-3-5-12/h1-9H. The summed E-state index contributed by atoms with van der Waals surface area (Å²) in [6.45, 7) is 0. The van der Waals surface area contributed by atoms with E-state index in [1.807, 2.05) is 6.07 Å². The van der Waals surface area contributed by atoms with Gasteiger partial charge in [0.25, 0.3) is 5.69 Å². The first-order chi connectivity index (χ1) is 8.70. The molecule has 0 saturated carbocycles. The van der Waals surface area contributed by atoms with Crippen molar-refractivity contribution in [2.75, 3.05) is 0 Å². The molecule has 0 bridgehead atoms. The number of nitro benzene ring substituents is 1. The SMILES string of the molecule is O=Cc1cc([N+](=O)[O-])ccc1Oc1ccccc1. The van der Waals surface area contributed by atoms with Gasteiger partial charge in [0, 0.05) is 12.1 Å². The number of para-hydroxylation sites is 1. The first-order valence-electron chi connectivity index (χ1n) is 5.17. The van der Waals surface area contributed by atoms with E-state index in [-0.39, 0.29) is 11.3 Å². The van der Waals surface area contributed by atoms with Gasteiger partial charge in [-0.1, -0.05) is 18.2 Å². The van der Waals surface area contributed by atoms with E-state index in [4.69, 9.17) is 4.74 Å². The maximum Gasteiger partial charge on any atom is 0.270 e. The number of non-ortho nitro benzene ring substituents is 1. The fraction of sp³-hybridized carbons (Fsp3) is 0. The minimum atomic E-state index is -0.556. The van der Waals surface area contributed by atoms with Crippen LogP contribution in [0.5, 0.6) is 11.5 Å². The number of nitro groups is 1. The summed E-state index contributed by atoms with van der Waals surface area (Å²) in [4.78, 5) is 20.9. The van der Waals surface area contributed by atoms with Crippen molar-refractivity contribution >= 4 is 12.0 Å². The first-order valence-corrected chi connectivity index (χ1v) is 5.17. The van der Waals surface area contributed by atoms with Gasteiger partial charge < -0.3 is 4.74 Å². The van der Waals surface area contributed by atoms with Crippen LogP contribution < -0.4 is 4.74 Å².